The molecule has 1 saturated heterocycles. The van der Waals surface area contributed by atoms with Crippen molar-refractivity contribution in [3.05, 3.63) is 78.4 Å². The molecule has 1 fully saturated rings. The number of aryl methyl sites for hydroxylation is 1. The Morgan fingerprint density at radius 1 is 1.10 bits per heavy atom. The second-order valence-corrected chi connectivity index (χ2v) is 10.8. The number of piperidine rings is 1. The number of anilines is 1. The minimum absolute atomic E-state index is 0.0801. The van der Waals surface area contributed by atoms with Crippen LogP contribution in [0.3, 0.4) is 0 Å². The molecule has 2 N–H and O–H groups in total. The molecule has 0 radical (unpaired) electrons. The van der Waals surface area contributed by atoms with Crippen LogP contribution in [0.15, 0.2) is 67.1 Å². The van der Waals surface area contributed by atoms with E-state index in [1.54, 1.807) is 0 Å². The van der Waals surface area contributed by atoms with E-state index in [0.717, 1.165) is 91.4 Å². The Kier molecular flexibility index (Phi) is 7.95. The van der Waals surface area contributed by atoms with Gasteiger partial charge in [0.1, 0.15) is 17.9 Å². The van der Waals surface area contributed by atoms with Crippen LogP contribution in [0, 0.1) is 0 Å². The van der Waals surface area contributed by atoms with Crippen LogP contribution >= 0.6 is 0 Å². The number of likely N-dealkylation sites (tertiary alicyclic amines) is 1. The zero-order valence-electron chi connectivity index (χ0n) is 23.6. The molecule has 0 aliphatic carbocycles. The number of benzene rings is 2. The van der Waals surface area contributed by atoms with Crippen molar-refractivity contribution in [3.63, 3.8) is 0 Å². The van der Waals surface area contributed by atoms with Crippen LogP contribution in [0.4, 0.5) is 5.82 Å². The second-order valence-electron chi connectivity index (χ2n) is 10.8. The van der Waals surface area contributed by atoms with E-state index in [2.05, 4.69) is 57.6 Å². The van der Waals surface area contributed by atoms with Crippen LogP contribution in [0.1, 0.15) is 50.3 Å². The molecule has 0 amide bonds. The fourth-order valence-electron chi connectivity index (χ4n) is 6.00. The molecule has 6 rings (SSSR count). The fraction of sp³-hybridized carbons (Fsp3) is 0.375. The Labute approximate surface area is 239 Å². The number of fused-ring (bicyclic) bond motifs is 2. The third kappa shape index (κ3) is 5.81. The van der Waals surface area contributed by atoms with Crippen molar-refractivity contribution in [1.82, 2.24) is 29.3 Å². The van der Waals surface area contributed by atoms with Crippen LogP contribution in [0.2, 0.25) is 0 Å². The van der Waals surface area contributed by atoms with Gasteiger partial charge in [-0.15, -0.1) is 0 Å². The topological polar surface area (TPSA) is 104 Å². The average molecular weight is 552 g/mol. The standard InChI is InChI=1S/C32H37N7O2/c1-2-41-32(40)29-13-7-9-17-37(29)16-8-6-12-26-19-27(30-31(33)34-22-35-39(26)30)24-14-15-25-21-38(36-28(25)18-24)20-23-10-4-3-5-11-23/h3-5,10-11,14-15,18-19,21-22,29H,2,6-9,12-13,16-17,20H2,1H3,(H2,33,34,35). The third-order valence-corrected chi connectivity index (χ3v) is 8.01. The first kappa shape index (κ1) is 27.0. The van der Waals surface area contributed by atoms with E-state index in [4.69, 9.17) is 15.6 Å². The number of hydrogen-bond donors (Lipinski definition) is 1. The molecule has 0 saturated carbocycles. The molecular formula is C32H37N7O2. The summed E-state index contributed by atoms with van der Waals surface area (Å²) >= 11 is 0. The number of hydrogen-bond acceptors (Lipinski definition) is 7. The lowest BCUT2D eigenvalue weighted by Gasteiger charge is -2.33. The first-order valence-electron chi connectivity index (χ1n) is 14.6. The molecule has 4 heterocycles. The second kappa shape index (κ2) is 12.1. The molecule has 1 aliphatic rings. The van der Waals surface area contributed by atoms with Crippen molar-refractivity contribution < 1.29 is 9.53 Å². The van der Waals surface area contributed by atoms with Gasteiger partial charge in [-0.05, 0) is 75.4 Å². The number of carbonyl (C=O) groups is 1. The molecule has 212 valence electrons. The summed E-state index contributed by atoms with van der Waals surface area (Å²) in [4.78, 5) is 19.0. The van der Waals surface area contributed by atoms with Crippen molar-refractivity contribution in [2.75, 3.05) is 25.4 Å². The van der Waals surface area contributed by atoms with Crippen molar-refractivity contribution in [3.8, 4) is 11.1 Å². The van der Waals surface area contributed by atoms with Crippen molar-refractivity contribution >= 4 is 28.2 Å². The van der Waals surface area contributed by atoms with Gasteiger partial charge >= 0.3 is 5.97 Å². The van der Waals surface area contributed by atoms with Crippen LogP contribution in [0.5, 0.6) is 0 Å². The Bertz CT molecular complexity index is 1640. The maximum Gasteiger partial charge on any atom is 0.323 e. The number of ether oxygens (including phenoxy) is 1. The Balaban J connectivity index is 1.19. The first-order valence-corrected chi connectivity index (χ1v) is 14.6. The van der Waals surface area contributed by atoms with Crippen LogP contribution in [-0.4, -0.2) is 61.0 Å². The number of esters is 1. The van der Waals surface area contributed by atoms with E-state index in [1.807, 2.05) is 34.3 Å². The predicted octanol–water partition coefficient (Wildman–Crippen LogP) is 5.12. The van der Waals surface area contributed by atoms with Gasteiger partial charge in [0, 0.05) is 22.8 Å². The highest BCUT2D eigenvalue weighted by Gasteiger charge is 2.29. The Morgan fingerprint density at radius 2 is 1.98 bits per heavy atom. The quantitative estimate of drug-likeness (QED) is 0.190. The van der Waals surface area contributed by atoms with Crippen molar-refractivity contribution in [2.24, 2.45) is 0 Å². The Hall–Kier alpha value is -4.24. The number of rotatable bonds is 10. The van der Waals surface area contributed by atoms with Gasteiger partial charge in [0.15, 0.2) is 5.82 Å². The van der Waals surface area contributed by atoms with E-state index in [9.17, 15) is 4.79 Å². The highest BCUT2D eigenvalue weighted by molar-refractivity contribution is 5.92. The summed E-state index contributed by atoms with van der Waals surface area (Å²) in [6, 6.07) is 18.8. The van der Waals surface area contributed by atoms with Crippen molar-refractivity contribution in [1.29, 1.82) is 0 Å². The van der Waals surface area contributed by atoms with Crippen LogP contribution in [0.25, 0.3) is 27.5 Å². The average Bonchev–Trinajstić information content (AvgIpc) is 3.57. The molecular weight excluding hydrogens is 514 g/mol. The molecule has 0 bridgehead atoms. The number of carbonyl (C=O) groups excluding carboxylic acids is 1. The molecule has 9 nitrogen and oxygen atoms in total. The SMILES string of the molecule is CCOC(=O)C1CCCCN1CCCCc1cc(-c2ccc3cn(Cc4ccccc4)nc3c2)c2c(N)ncnn12. The van der Waals surface area contributed by atoms with Gasteiger partial charge in [-0.2, -0.15) is 10.2 Å². The van der Waals surface area contributed by atoms with E-state index in [0.29, 0.717) is 12.4 Å². The molecule has 1 unspecified atom stereocenters. The number of unbranched alkanes of at least 4 members (excludes halogenated alkanes) is 1. The summed E-state index contributed by atoms with van der Waals surface area (Å²) in [7, 11) is 0. The summed E-state index contributed by atoms with van der Waals surface area (Å²) in [5.74, 6) is 0.380. The smallest absolute Gasteiger partial charge is 0.323 e. The minimum Gasteiger partial charge on any atom is -0.465 e. The number of nitrogens with two attached hydrogens (primary N) is 1. The fourth-order valence-corrected chi connectivity index (χ4v) is 6.00. The summed E-state index contributed by atoms with van der Waals surface area (Å²) < 4.78 is 9.24. The van der Waals surface area contributed by atoms with Crippen LogP contribution in [-0.2, 0) is 22.5 Å². The molecule has 2 aromatic carbocycles. The first-order chi connectivity index (χ1) is 20.1. The monoisotopic (exact) mass is 551 g/mol. The maximum absolute atomic E-state index is 12.4. The molecule has 0 spiro atoms. The molecule has 9 heteroatoms. The lowest BCUT2D eigenvalue weighted by molar-refractivity contribution is -0.150. The van der Waals surface area contributed by atoms with Gasteiger partial charge in [-0.25, -0.2) is 9.50 Å². The molecule has 41 heavy (non-hydrogen) atoms. The molecule has 1 aliphatic heterocycles. The predicted molar refractivity (Wildman–Crippen MR) is 160 cm³/mol. The van der Waals surface area contributed by atoms with Crippen LogP contribution < -0.4 is 5.73 Å². The van der Waals surface area contributed by atoms with Gasteiger partial charge in [0.25, 0.3) is 0 Å². The van der Waals surface area contributed by atoms with Gasteiger partial charge < -0.3 is 10.5 Å². The highest BCUT2D eigenvalue weighted by atomic mass is 16.5. The zero-order chi connectivity index (χ0) is 28.2. The van der Waals surface area contributed by atoms with Crippen molar-refractivity contribution in [2.45, 2.75) is 58.0 Å². The maximum atomic E-state index is 12.4. The van der Waals surface area contributed by atoms with E-state index in [-0.39, 0.29) is 12.0 Å². The summed E-state index contributed by atoms with van der Waals surface area (Å²) in [5, 5.41) is 10.5. The van der Waals surface area contributed by atoms with E-state index in [1.165, 1.54) is 11.9 Å². The lowest BCUT2D eigenvalue weighted by atomic mass is 10.0. The number of nitrogens with zero attached hydrogens (tertiary/aromatic N) is 6. The molecule has 5 aromatic rings. The number of nitrogen functional groups attached to an aromatic ring is 1. The third-order valence-electron chi connectivity index (χ3n) is 8.01. The summed E-state index contributed by atoms with van der Waals surface area (Å²) in [6.07, 6.45) is 9.52. The highest BCUT2D eigenvalue weighted by Crippen LogP contribution is 2.32. The van der Waals surface area contributed by atoms with Gasteiger partial charge in [0.05, 0.1) is 18.7 Å². The van der Waals surface area contributed by atoms with Gasteiger partial charge in [0.2, 0.25) is 0 Å². The normalized spacial score (nSPS) is 16.0. The Morgan fingerprint density at radius 3 is 2.83 bits per heavy atom. The largest absolute Gasteiger partial charge is 0.465 e. The van der Waals surface area contributed by atoms with E-state index < -0.39 is 0 Å². The van der Waals surface area contributed by atoms with Gasteiger partial charge in [-0.1, -0.05) is 48.9 Å². The summed E-state index contributed by atoms with van der Waals surface area (Å²) in [6.45, 7) is 4.87. The summed E-state index contributed by atoms with van der Waals surface area (Å²) in [5.41, 5.74) is 12.5. The lowest BCUT2D eigenvalue weighted by Crippen LogP contribution is -2.45. The minimum atomic E-state index is -0.108. The van der Waals surface area contributed by atoms with Gasteiger partial charge in [-0.3, -0.25) is 14.4 Å². The zero-order valence-corrected chi connectivity index (χ0v) is 23.6. The molecule has 1 atom stereocenters. The molecule has 3 aromatic heterocycles. The van der Waals surface area contributed by atoms with E-state index >= 15 is 0 Å². The number of aromatic nitrogens is 5.